The van der Waals surface area contributed by atoms with Crippen LogP contribution >= 0.6 is 0 Å². The SMILES string of the molecule is COc1ccc(-c2cncc(C(=O)Nc3ccc4oc(=O)n(CC(=O)N5CCCCC5)c4c3)c2)cc1. The molecule has 0 saturated carbocycles. The molecule has 0 aliphatic carbocycles. The molecule has 2 aromatic carbocycles. The first-order valence-electron chi connectivity index (χ1n) is 11.8. The molecule has 1 aliphatic rings. The van der Waals surface area contributed by atoms with Crippen molar-refractivity contribution in [2.24, 2.45) is 0 Å². The van der Waals surface area contributed by atoms with Gasteiger partial charge in [-0.05, 0) is 61.2 Å². The maximum absolute atomic E-state index is 13.0. The quantitative estimate of drug-likeness (QED) is 0.443. The van der Waals surface area contributed by atoms with Gasteiger partial charge in [-0.1, -0.05) is 12.1 Å². The Bertz CT molecular complexity index is 1470. The lowest BCUT2D eigenvalue weighted by Crippen LogP contribution is -2.39. The maximum Gasteiger partial charge on any atom is 0.420 e. The van der Waals surface area contributed by atoms with Gasteiger partial charge in [0.05, 0.1) is 18.2 Å². The van der Waals surface area contributed by atoms with Gasteiger partial charge in [-0.25, -0.2) is 4.79 Å². The highest BCUT2D eigenvalue weighted by Crippen LogP contribution is 2.24. The maximum atomic E-state index is 13.0. The number of fused-ring (bicyclic) bond motifs is 1. The Labute approximate surface area is 207 Å². The number of carbonyl (C=O) groups excluding carboxylic acids is 2. The Hall–Kier alpha value is -4.40. The first kappa shape index (κ1) is 23.3. The van der Waals surface area contributed by atoms with E-state index in [1.54, 1.807) is 42.5 Å². The second-order valence-electron chi connectivity index (χ2n) is 8.72. The predicted molar refractivity (Wildman–Crippen MR) is 135 cm³/mol. The van der Waals surface area contributed by atoms with Crippen molar-refractivity contribution in [1.82, 2.24) is 14.5 Å². The molecule has 1 aliphatic heterocycles. The summed E-state index contributed by atoms with van der Waals surface area (Å²) in [6.45, 7) is 1.31. The summed E-state index contributed by atoms with van der Waals surface area (Å²) in [6, 6.07) is 14.1. The third kappa shape index (κ3) is 4.86. The van der Waals surface area contributed by atoms with Gasteiger partial charge in [-0.15, -0.1) is 0 Å². The lowest BCUT2D eigenvalue weighted by atomic mass is 10.1. The number of carbonyl (C=O) groups is 2. The monoisotopic (exact) mass is 486 g/mol. The first-order valence-corrected chi connectivity index (χ1v) is 11.8. The number of ether oxygens (including phenoxy) is 1. The topological polar surface area (TPSA) is 107 Å². The summed E-state index contributed by atoms with van der Waals surface area (Å²) in [4.78, 5) is 44.2. The third-order valence-corrected chi connectivity index (χ3v) is 6.35. The molecule has 2 aromatic heterocycles. The number of anilines is 1. The van der Waals surface area contributed by atoms with Gasteiger partial charge in [0.1, 0.15) is 12.3 Å². The highest BCUT2D eigenvalue weighted by atomic mass is 16.5. The van der Waals surface area contributed by atoms with Crippen LogP contribution in [0.15, 0.2) is 70.1 Å². The first-order chi connectivity index (χ1) is 17.5. The molecule has 36 heavy (non-hydrogen) atoms. The number of nitrogens with zero attached hydrogens (tertiary/aromatic N) is 3. The molecule has 4 aromatic rings. The van der Waals surface area contributed by atoms with Gasteiger partial charge in [0.25, 0.3) is 5.91 Å². The Morgan fingerprint density at radius 3 is 2.53 bits per heavy atom. The molecule has 9 heteroatoms. The normalized spacial score (nSPS) is 13.5. The zero-order chi connectivity index (χ0) is 25.1. The van der Waals surface area contributed by atoms with Crippen LogP contribution in [-0.4, -0.2) is 46.5 Å². The number of oxazole rings is 1. The van der Waals surface area contributed by atoms with Crippen molar-refractivity contribution in [2.75, 3.05) is 25.5 Å². The van der Waals surface area contributed by atoms with Crippen LogP contribution in [0.2, 0.25) is 0 Å². The second-order valence-corrected chi connectivity index (χ2v) is 8.72. The number of methoxy groups -OCH3 is 1. The summed E-state index contributed by atoms with van der Waals surface area (Å²) in [5.41, 5.74) is 3.36. The fourth-order valence-electron chi connectivity index (χ4n) is 4.38. The summed E-state index contributed by atoms with van der Waals surface area (Å²) in [5.74, 6) is -0.323. The minimum absolute atomic E-state index is 0.100. The van der Waals surface area contributed by atoms with Crippen LogP contribution in [0.1, 0.15) is 29.6 Å². The van der Waals surface area contributed by atoms with Gasteiger partial charge in [0, 0.05) is 36.7 Å². The largest absolute Gasteiger partial charge is 0.497 e. The summed E-state index contributed by atoms with van der Waals surface area (Å²) in [6.07, 6.45) is 6.23. The summed E-state index contributed by atoms with van der Waals surface area (Å²) >= 11 is 0. The van der Waals surface area contributed by atoms with E-state index < -0.39 is 5.76 Å². The lowest BCUT2D eigenvalue weighted by Gasteiger charge is -2.26. The number of piperidine rings is 1. The molecule has 1 fully saturated rings. The Morgan fingerprint density at radius 2 is 1.78 bits per heavy atom. The van der Waals surface area contributed by atoms with Crippen molar-refractivity contribution in [3.63, 3.8) is 0 Å². The van der Waals surface area contributed by atoms with Crippen LogP contribution < -0.4 is 15.8 Å². The fraction of sp³-hybridized carbons (Fsp3) is 0.259. The second kappa shape index (κ2) is 10.1. The van der Waals surface area contributed by atoms with Gasteiger partial charge >= 0.3 is 5.76 Å². The Balaban J connectivity index is 1.36. The van der Waals surface area contributed by atoms with Crippen molar-refractivity contribution in [2.45, 2.75) is 25.8 Å². The average molecular weight is 487 g/mol. The molecule has 5 rings (SSSR count). The third-order valence-electron chi connectivity index (χ3n) is 6.35. The van der Waals surface area contributed by atoms with Gasteiger partial charge in [0.15, 0.2) is 5.58 Å². The smallest absolute Gasteiger partial charge is 0.420 e. The van der Waals surface area contributed by atoms with Gasteiger partial charge in [-0.2, -0.15) is 0 Å². The van der Waals surface area contributed by atoms with E-state index in [1.165, 1.54) is 10.8 Å². The number of rotatable bonds is 6. The molecule has 0 radical (unpaired) electrons. The van der Waals surface area contributed by atoms with Crippen LogP contribution in [0.3, 0.4) is 0 Å². The molecule has 0 spiro atoms. The Kier molecular flexibility index (Phi) is 6.53. The molecule has 0 atom stereocenters. The molecule has 184 valence electrons. The molecular weight excluding hydrogens is 460 g/mol. The molecule has 3 heterocycles. The minimum Gasteiger partial charge on any atom is -0.497 e. The molecule has 1 saturated heterocycles. The minimum atomic E-state index is -0.602. The van der Waals surface area contributed by atoms with Crippen LogP contribution in [0, 0.1) is 0 Å². The number of aromatic nitrogens is 2. The van der Waals surface area contributed by atoms with Crippen molar-refractivity contribution in [3.05, 3.63) is 77.0 Å². The zero-order valence-electron chi connectivity index (χ0n) is 19.9. The van der Waals surface area contributed by atoms with Crippen LogP contribution in [0.4, 0.5) is 5.69 Å². The van der Waals surface area contributed by atoms with E-state index in [-0.39, 0.29) is 18.4 Å². The molecule has 1 N–H and O–H groups in total. The average Bonchev–Trinajstić information content (AvgIpc) is 3.23. The zero-order valence-corrected chi connectivity index (χ0v) is 19.9. The van der Waals surface area contributed by atoms with Gasteiger partial charge < -0.3 is 19.4 Å². The standard InChI is InChI=1S/C27H26N4O5/c1-35-22-8-5-18(6-9-22)19-13-20(16-28-15-19)26(33)29-21-7-10-24-23(14-21)31(27(34)36-24)17-25(32)30-11-3-2-4-12-30/h5-10,13-16H,2-4,11-12,17H2,1H3,(H,29,33). The lowest BCUT2D eigenvalue weighted by molar-refractivity contribution is -0.132. The molecule has 0 unspecified atom stereocenters. The summed E-state index contributed by atoms with van der Waals surface area (Å²) in [7, 11) is 1.61. The van der Waals surface area contributed by atoms with E-state index >= 15 is 0 Å². The summed E-state index contributed by atoms with van der Waals surface area (Å²) in [5, 5.41) is 2.85. The van der Waals surface area contributed by atoms with Crippen LogP contribution in [0.5, 0.6) is 5.75 Å². The molecule has 2 amide bonds. The number of likely N-dealkylation sites (tertiary alicyclic amines) is 1. The predicted octanol–water partition coefficient (Wildman–Crippen LogP) is 3.93. The van der Waals surface area contributed by atoms with Crippen molar-refractivity contribution < 1.29 is 18.7 Å². The number of amides is 2. The number of benzene rings is 2. The van der Waals surface area contributed by atoms with E-state index in [9.17, 15) is 14.4 Å². The number of pyridine rings is 1. The molecule has 9 nitrogen and oxygen atoms in total. The van der Waals surface area contributed by atoms with Gasteiger partial charge in [-0.3, -0.25) is 19.1 Å². The van der Waals surface area contributed by atoms with Crippen LogP contribution in [0.25, 0.3) is 22.2 Å². The Morgan fingerprint density at radius 1 is 1.00 bits per heavy atom. The van der Waals surface area contributed by atoms with Crippen molar-refractivity contribution >= 4 is 28.6 Å². The number of hydrogen-bond donors (Lipinski definition) is 1. The van der Waals surface area contributed by atoms with E-state index in [0.717, 1.165) is 36.1 Å². The van der Waals surface area contributed by atoms with E-state index in [4.69, 9.17) is 9.15 Å². The molecule has 0 bridgehead atoms. The highest BCUT2D eigenvalue weighted by molar-refractivity contribution is 6.05. The fourth-order valence-corrected chi connectivity index (χ4v) is 4.38. The summed E-state index contributed by atoms with van der Waals surface area (Å²) < 4.78 is 11.8. The highest BCUT2D eigenvalue weighted by Gasteiger charge is 2.20. The van der Waals surface area contributed by atoms with E-state index in [0.29, 0.717) is 35.4 Å². The number of nitrogens with one attached hydrogen (secondary N) is 1. The van der Waals surface area contributed by atoms with E-state index in [1.807, 2.05) is 24.3 Å². The van der Waals surface area contributed by atoms with Crippen molar-refractivity contribution in [3.8, 4) is 16.9 Å². The van der Waals surface area contributed by atoms with Crippen molar-refractivity contribution in [1.29, 1.82) is 0 Å². The van der Waals surface area contributed by atoms with Crippen LogP contribution in [-0.2, 0) is 11.3 Å². The number of hydrogen-bond acceptors (Lipinski definition) is 6. The van der Waals surface area contributed by atoms with Gasteiger partial charge in [0.2, 0.25) is 5.91 Å². The van der Waals surface area contributed by atoms with E-state index in [2.05, 4.69) is 10.3 Å². The molecular formula is C27H26N4O5.